The van der Waals surface area contributed by atoms with E-state index in [0.29, 0.717) is 19.4 Å². The van der Waals surface area contributed by atoms with Gasteiger partial charge in [0.05, 0.1) is 17.9 Å². The monoisotopic (exact) mass is 382 g/mol. The van der Waals surface area contributed by atoms with Crippen molar-refractivity contribution in [3.8, 4) is 0 Å². The number of Topliss-reactive ketones (excluding diaryl/α,β-unsaturated/α-hetero) is 1. The minimum absolute atomic E-state index is 0.0247. The Kier molecular flexibility index (Phi) is 3.65. The maximum Gasteiger partial charge on any atom is 0.237 e. The van der Waals surface area contributed by atoms with Crippen LogP contribution in [0.3, 0.4) is 0 Å². The Labute approximate surface area is 163 Å². The lowest BCUT2D eigenvalue weighted by Gasteiger charge is -2.59. The van der Waals surface area contributed by atoms with Crippen LogP contribution in [0.2, 0.25) is 0 Å². The summed E-state index contributed by atoms with van der Waals surface area (Å²) in [4.78, 5) is 27.0. The number of hydrogen-bond donors (Lipinski definition) is 0. The molecule has 5 atom stereocenters. The van der Waals surface area contributed by atoms with Crippen molar-refractivity contribution in [3.05, 3.63) is 59.2 Å². The van der Waals surface area contributed by atoms with Crippen molar-refractivity contribution >= 4 is 22.7 Å². The SMILES string of the molecule is C=C[C@@H]1[C@H]2CO[C@@]3(OC)C(=O)[C@@]14Cc1ccccc1CC4=C(C(=O)SC)[C@@H]23. The van der Waals surface area contributed by atoms with Gasteiger partial charge in [-0.2, -0.15) is 0 Å². The quantitative estimate of drug-likeness (QED) is 0.753. The van der Waals surface area contributed by atoms with Crippen LogP contribution < -0.4 is 0 Å². The maximum absolute atomic E-state index is 13.9. The van der Waals surface area contributed by atoms with E-state index in [2.05, 4.69) is 18.7 Å². The topological polar surface area (TPSA) is 52.6 Å². The second-order valence-corrected chi connectivity index (χ2v) is 8.67. The molecule has 1 saturated heterocycles. The van der Waals surface area contributed by atoms with Crippen LogP contribution in [0.5, 0.6) is 0 Å². The largest absolute Gasteiger partial charge is 0.346 e. The number of carbonyl (C=O) groups is 2. The fourth-order valence-electron chi connectivity index (χ4n) is 6.17. The molecule has 4 bridgehead atoms. The predicted molar refractivity (Wildman–Crippen MR) is 103 cm³/mol. The molecule has 0 aromatic heterocycles. The van der Waals surface area contributed by atoms with Gasteiger partial charge in [-0.25, -0.2) is 0 Å². The van der Waals surface area contributed by atoms with Crippen LogP contribution in [-0.2, 0) is 31.9 Å². The summed E-state index contributed by atoms with van der Waals surface area (Å²) < 4.78 is 11.8. The molecule has 1 saturated carbocycles. The van der Waals surface area contributed by atoms with E-state index < -0.39 is 11.2 Å². The maximum atomic E-state index is 13.9. The molecule has 1 spiro atoms. The number of allylic oxidation sites excluding steroid dienone is 2. The van der Waals surface area contributed by atoms with E-state index in [1.54, 1.807) is 6.26 Å². The van der Waals surface area contributed by atoms with Gasteiger partial charge in [-0.15, -0.1) is 6.58 Å². The van der Waals surface area contributed by atoms with Gasteiger partial charge in [0.15, 0.2) is 0 Å². The molecular weight excluding hydrogens is 360 g/mol. The second-order valence-electron chi connectivity index (χ2n) is 7.89. The third-order valence-corrected chi connectivity index (χ3v) is 7.76. The van der Waals surface area contributed by atoms with E-state index in [1.807, 2.05) is 18.2 Å². The Hall–Kier alpha value is -1.69. The molecular formula is C22H22O4S. The molecule has 5 heteroatoms. The molecule has 6 rings (SSSR count). The van der Waals surface area contributed by atoms with Gasteiger partial charge >= 0.3 is 0 Å². The van der Waals surface area contributed by atoms with Gasteiger partial charge in [0.25, 0.3) is 0 Å². The highest BCUT2D eigenvalue weighted by Crippen LogP contribution is 2.68. The van der Waals surface area contributed by atoms with Gasteiger partial charge in [-0.1, -0.05) is 42.1 Å². The van der Waals surface area contributed by atoms with Crippen LogP contribution in [0.15, 0.2) is 48.1 Å². The highest BCUT2D eigenvalue weighted by Gasteiger charge is 2.76. The molecule has 0 amide bonds. The molecule has 5 aliphatic rings. The Morgan fingerprint density at radius 2 is 2.11 bits per heavy atom. The first-order valence-corrected chi connectivity index (χ1v) is 10.5. The van der Waals surface area contributed by atoms with Gasteiger partial charge in [-0.3, -0.25) is 9.59 Å². The summed E-state index contributed by atoms with van der Waals surface area (Å²) in [6.07, 6.45) is 4.93. The van der Waals surface area contributed by atoms with Crippen LogP contribution >= 0.6 is 11.8 Å². The Bertz CT molecular complexity index is 919. The molecule has 27 heavy (non-hydrogen) atoms. The highest BCUT2D eigenvalue weighted by molar-refractivity contribution is 8.13. The van der Waals surface area contributed by atoms with Gasteiger partial charge < -0.3 is 9.47 Å². The van der Waals surface area contributed by atoms with Crippen LogP contribution in [0.25, 0.3) is 0 Å². The van der Waals surface area contributed by atoms with E-state index in [0.717, 1.165) is 11.1 Å². The molecule has 4 aliphatic carbocycles. The molecule has 4 nitrogen and oxygen atoms in total. The van der Waals surface area contributed by atoms with Crippen LogP contribution in [0.1, 0.15) is 11.1 Å². The molecule has 1 aromatic carbocycles. The second kappa shape index (κ2) is 5.66. The van der Waals surface area contributed by atoms with Crippen LogP contribution in [0.4, 0.5) is 0 Å². The summed E-state index contributed by atoms with van der Waals surface area (Å²) in [5.74, 6) is -1.70. The van der Waals surface area contributed by atoms with Crippen molar-refractivity contribution in [2.45, 2.75) is 18.6 Å². The first-order valence-electron chi connectivity index (χ1n) is 9.30. The fraction of sp³-hybridized carbons (Fsp3) is 0.455. The first-order chi connectivity index (χ1) is 13.0. The lowest BCUT2D eigenvalue weighted by molar-refractivity contribution is -0.225. The Morgan fingerprint density at radius 3 is 2.78 bits per heavy atom. The number of thioether (sulfide) groups is 1. The zero-order valence-electron chi connectivity index (χ0n) is 15.5. The third kappa shape index (κ3) is 1.83. The molecule has 0 radical (unpaired) electrons. The van der Waals surface area contributed by atoms with Crippen LogP contribution in [-0.4, -0.2) is 36.7 Å². The smallest absolute Gasteiger partial charge is 0.237 e. The summed E-state index contributed by atoms with van der Waals surface area (Å²) in [5, 5.41) is 0.0330. The average molecular weight is 382 g/mol. The number of benzene rings is 1. The molecule has 1 aliphatic heterocycles. The van der Waals surface area contributed by atoms with E-state index in [1.165, 1.54) is 30.0 Å². The molecule has 0 unspecified atom stereocenters. The molecule has 1 heterocycles. The van der Waals surface area contributed by atoms with Crippen molar-refractivity contribution in [2.75, 3.05) is 20.0 Å². The van der Waals surface area contributed by atoms with Gasteiger partial charge in [0.1, 0.15) is 0 Å². The minimum Gasteiger partial charge on any atom is -0.346 e. The number of hydrogen-bond acceptors (Lipinski definition) is 5. The van der Waals surface area contributed by atoms with E-state index in [4.69, 9.17) is 9.47 Å². The van der Waals surface area contributed by atoms with Crippen molar-refractivity contribution in [1.82, 2.24) is 0 Å². The Balaban J connectivity index is 1.86. The van der Waals surface area contributed by atoms with E-state index >= 15 is 0 Å². The highest BCUT2D eigenvalue weighted by atomic mass is 32.2. The minimum atomic E-state index is -1.33. The summed E-state index contributed by atoms with van der Waals surface area (Å²) >= 11 is 1.21. The zero-order chi connectivity index (χ0) is 19.0. The third-order valence-electron chi connectivity index (χ3n) is 7.17. The van der Waals surface area contributed by atoms with Gasteiger partial charge in [-0.05, 0) is 41.7 Å². The van der Waals surface area contributed by atoms with Crippen molar-refractivity contribution in [3.63, 3.8) is 0 Å². The standard InChI is InChI=1S/C22H22O4S/c1-4-15-14-11-26-22(25-2)18(14)17(19(23)27-3)16-9-12-7-5-6-8-13(12)10-21(15,16)20(22)24/h4-8,14-15,18H,1,9-11H2,2-3H3/t14-,15-,18-,21+,22-/m1/s1. The Morgan fingerprint density at radius 1 is 1.37 bits per heavy atom. The lowest BCUT2D eigenvalue weighted by atomic mass is 9.43. The van der Waals surface area contributed by atoms with Crippen molar-refractivity contribution in [1.29, 1.82) is 0 Å². The van der Waals surface area contributed by atoms with Crippen LogP contribution in [0, 0.1) is 23.2 Å². The summed E-state index contributed by atoms with van der Waals surface area (Å²) in [7, 11) is 1.53. The summed E-state index contributed by atoms with van der Waals surface area (Å²) in [6.45, 7) is 4.49. The van der Waals surface area contributed by atoms with Crippen molar-refractivity contribution in [2.24, 2.45) is 23.2 Å². The first kappa shape index (κ1) is 17.4. The summed E-state index contributed by atoms with van der Waals surface area (Å²) in [5.41, 5.74) is 3.33. The van der Waals surface area contributed by atoms with E-state index in [9.17, 15) is 9.59 Å². The fourth-order valence-corrected chi connectivity index (χ4v) is 6.64. The zero-order valence-corrected chi connectivity index (χ0v) is 16.3. The van der Waals surface area contributed by atoms with Gasteiger partial charge in [0.2, 0.25) is 16.7 Å². The number of methoxy groups -OCH3 is 1. The normalized spacial score (nSPS) is 38.6. The molecule has 2 fully saturated rings. The predicted octanol–water partition coefficient (Wildman–Crippen LogP) is 2.96. The molecule has 1 aromatic rings. The molecule has 0 N–H and O–H groups in total. The van der Waals surface area contributed by atoms with E-state index in [-0.39, 0.29) is 28.7 Å². The van der Waals surface area contributed by atoms with Gasteiger partial charge in [0, 0.05) is 18.6 Å². The average Bonchev–Trinajstić information content (AvgIpc) is 3.05. The lowest BCUT2D eigenvalue weighted by Crippen LogP contribution is -2.68. The number of rotatable bonds is 3. The van der Waals surface area contributed by atoms with Crippen molar-refractivity contribution < 1.29 is 19.1 Å². The number of carbonyl (C=O) groups excluding carboxylic acids is 2. The summed E-state index contributed by atoms with van der Waals surface area (Å²) in [6, 6.07) is 8.22. The number of fused-ring (bicyclic) bond motifs is 1. The number of ketones is 1. The molecule has 140 valence electrons. The number of ether oxygens (including phenoxy) is 2.